The molecular formula is C9H14O. The van der Waals surface area contributed by atoms with Gasteiger partial charge in [-0.05, 0) is 19.3 Å². The van der Waals surface area contributed by atoms with Crippen LogP contribution in [0.5, 0.6) is 0 Å². The molecule has 1 atom stereocenters. The average molecular weight is 138 g/mol. The third-order valence-electron chi connectivity index (χ3n) is 1.34. The highest BCUT2D eigenvalue weighted by molar-refractivity contribution is 4.94. The summed E-state index contributed by atoms with van der Waals surface area (Å²) in [5.41, 5.74) is 0. The zero-order valence-electron chi connectivity index (χ0n) is 6.47. The minimum atomic E-state index is -0.0139. The first-order chi connectivity index (χ1) is 4.85. The molecule has 0 radical (unpaired) electrons. The van der Waals surface area contributed by atoms with Gasteiger partial charge in [-0.1, -0.05) is 12.0 Å². The second-order valence-electron chi connectivity index (χ2n) is 2.11. The number of methoxy groups -OCH3 is 1. The van der Waals surface area contributed by atoms with Crippen LogP contribution >= 0.6 is 0 Å². The predicted molar refractivity (Wildman–Crippen MR) is 43.7 cm³/mol. The maximum Gasteiger partial charge on any atom is 0.117 e. The minimum absolute atomic E-state index is 0.0139. The summed E-state index contributed by atoms with van der Waals surface area (Å²) in [6.07, 6.45) is 10.0. The molecule has 0 fully saturated rings. The van der Waals surface area contributed by atoms with Crippen LogP contribution in [0, 0.1) is 12.3 Å². The number of unbranched alkanes of at least 4 members (excludes halogenated alkanes) is 1. The molecule has 1 heteroatoms. The molecule has 1 nitrogen and oxygen atoms in total. The maximum atomic E-state index is 5.16. The normalized spacial score (nSPS) is 12.0. The van der Waals surface area contributed by atoms with E-state index in [9.17, 15) is 0 Å². The molecule has 0 bridgehead atoms. The van der Waals surface area contributed by atoms with Crippen molar-refractivity contribution in [1.29, 1.82) is 0 Å². The molecule has 0 saturated heterocycles. The topological polar surface area (TPSA) is 9.23 Å². The fourth-order valence-corrected chi connectivity index (χ4v) is 0.717. The summed E-state index contributed by atoms with van der Waals surface area (Å²) in [5.74, 6) is 2.55. The van der Waals surface area contributed by atoms with Gasteiger partial charge in [-0.25, -0.2) is 0 Å². The predicted octanol–water partition coefficient (Wildman–Crippen LogP) is 1.99. The van der Waals surface area contributed by atoms with Crippen molar-refractivity contribution >= 4 is 0 Å². The Kier molecular flexibility index (Phi) is 5.91. The van der Waals surface area contributed by atoms with Crippen molar-refractivity contribution in [3.05, 3.63) is 12.7 Å². The Hall–Kier alpha value is -0.740. The lowest BCUT2D eigenvalue weighted by Gasteiger charge is -2.05. The van der Waals surface area contributed by atoms with E-state index in [1.165, 1.54) is 0 Å². The second kappa shape index (κ2) is 6.38. The quantitative estimate of drug-likeness (QED) is 0.321. The van der Waals surface area contributed by atoms with Crippen LogP contribution in [-0.2, 0) is 4.74 Å². The molecule has 0 aromatic heterocycles. The second-order valence-corrected chi connectivity index (χ2v) is 2.11. The standard InChI is InChI=1S/C9H14O/c1-4-6-7-8-9(5-2)10-3/h2,4,9H,1,6-8H2,3H3/t9-/m1/s1. The van der Waals surface area contributed by atoms with Crippen molar-refractivity contribution in [3.8, 4) is 12.3 Å². The van der Waals surface area contributed by atoms with Crippen molar-refractivity contribution < 1.29 is 4.74 Å². The van der Waals surface area contributed by atoms with Gasteiger partial charge in [0.05, 0.1) is 0 Å². The van der Waals surface area contributed by atoms with E-state index < -0.39 is 0 Å². The Morgan fingerprint density at radius 3 is 2.90 bits per heavy atom. The Labute approximate surface area is 63.1 Å². The van der Waals surface area contributed by atoms with Gasteiger partial charge < -0.3 is 4.74 Å². The van der Waals surface area contributed by atoms with Crippen LogP contribution in [0.15, 0.2) is 12.7 Å². The molecule has 0 saturated carbocycles. The van der Waals surface area contributed by atoms with Gasteiger partial charge in [0.25, 0.3) is 0 Å². The summed E-state index contributed by atoms with van der Waals surface area (Å²) in [6.45, 7) is 3.62. The lowest BCUT2D eigenvalue weighted by molar-refractivity contribution is 0.139. The highest BCUT2D eigenvalue weighted by atomic mass is 16.5. The largest absolute Gasteiger partial charge is 0.369 e. The number of terminal acetylenes is 1. The van der Waals surface area contributed by atoms with Crippen LogP contribution in [0.4, 0.5) is 0 Å². The van der Waals surface area contributed by atoms with Gasteiger partial charge in [-0.2, -0.15) is 0 Å². The summed E-state index contributed by atoms with van der Waals surface area (Å²) in [7, 11) is 1.64. The summed E-state index contributed by atoms with van der Waals surface area (Å²) in [4.78, 5) is 0. The van der Waals surface area contributed by atoms with E-state index in [0.29, 0.717) is 0 Å². The van der Waals surface area contributed by atoms with E-state index in [-0.39, 0.29) is 6.10 Å². The molecule has 0 heterocycles. The van der Waals surface area contributed by atoms with E-state index >= 15 is 0 Å². The monoisotopic (exact) mass is 138 g/mol. The first-order valence-electron chi connectivity index (χ1n) is 3.45. The molecule has 0 aliphatic carbocycles. The molecule has 0 aromatic carbocycles. The van der Waals surface area contributed by atoms with Gasteiger partial charge >= 0.3 is 0 Å². The minimum Gasteiger partial charge on any atom is -0.369 e. The first kappa shape index (κ1) is 9.26. The summed E-state index contributed by atoms with van der Waals surface area (Å²) < 4.78 is 4.98. The van der Waals surface area contributed by atoms with Crippen LogP contribution < -0.4 is 0 Å². The molecule has 0 amide bonds. The van der Waals surface area contributed by atoms with E-state index in [1.807, 2.05) is 6.08 Å². The molecule has 0 rings (SSSR count). The zero-order chi connectivity index (χ0) is 7.82. The Morgan fingerprint density at radius 2 is 2.50 bits per heavy atom. The van der Waals surface area contributed by atoms with Crippen LogP contribution in [0.25, 0.3) is 0 Å². The smallest absolute Gasteiger partial charge is 0.117 e. The van der Waals surface area contributed by atoms with Gasteiger partial charge in [0, 0.05) is 7.11 Å². The number of hydrogen-bond donors (Lipinski definition) is 0. The highest BCUT2D eigenvalue weighted by Crippen LogP contribution is 2.02. The van der Waals surface area contributed by atoms with Crippen LogP contribution in [0.1, 0.15) is 19.3 Å². The van der Waals surface area contributed by atoms with Gasteiger partial charge in [-0.15, -0.1) is 13.0 Å². The molecule has 0 aliphatic rings. The number of rotatable bonds is 5. The van der Waals surface area contributed by atoms with Crippen molar-refractivity contribution in [3.63, 3.8) is 0 Å². The van der Waals surface area contributed by atoms with Crippen LogP contribution in [0.2, 0.25) is 0 Å². The molecule has 0 unspecified atom stereocenters. The molecule has 0 aromatic rings. The molecule has 10 heavy (non-hydrogen) atoms. The van der Waals surface area contributed by atoms with Crippen molar-refractivity contribution in [1.82, 2.24) is 0 Å². The fourth-order valence-electron chi connectivity index (χ4n) is 0.717. The Morgan fingerprint density at radius 1 is 1.80 bits per heavy atom. The summed E-state index contributed by atoms with van der Waals surface area (Å²) in [6, 6.07) is 0. The first-order valence-corrected chi connectivity index (χ1v) is 3.45. The summed E-state index contributed by atoms with van der Waals surface area (Å²) in [5, 5.41) is 0. The average Bonchev–Trinajstić information content (AvgIpc) is 1.99. The van der Waals surface area contributed by atoms with E-state index in [1.54, 1.807) is 7.11 Å². The number of ether oxygens (including phenoxy) is 1. The van der Waals surface area contributed by atoms with Crippen LogP contribution in [0.3, 0.4) is 0 Å². The van der Waals surface area contributed by atoms with E-state index in [4.69, 9.17) is 11.2 Å². The Bertz CT molecular complexity index is 121. The lowest BCUT2D eigenvalue weighted by Crippen LogP contribution is -2.06. The number of hydrogen-bond acceptors (Lipinski definition) is 1. The SMILES string of the molecule is C#C[C@H](CCCC=C)OC. The molecule has 0 aliphatic heterocycles. The van der Waals surface area contributed by atoms with Gasteiger partial charge in [0.1, 0.15) is 6.10 Å². The fraction of sp³-hybridized carbons (Fsp3) is 0.556. The maximum absolute atomic E-state index is 5.16. The zero-order valence-corrected chi connectivity index (χ0v) is 6.47. The third-order valence-corrected chi connectivity index (χ3v) is 1.34. The van der Waals surface area contributed by atoms with Gasteiger partial charge in [0.2, 0.25) is 0 Å². The molecule has 0 spiro atoms. The van der Waals surface area contributed by atoms with Crippen molar-refractivity contribution in [2.45, 2.75) is 25.4 Å². The lowest BCUT2D eigenvalue weighted by atomic mass is 10.1. The molecule has 56 valence electrons. The molecular weight excluding hydrogens is 124 g/mol. The van der Waals surface area contributed by atoms with Crippen molar-refractivity contribution in [2.24, 2.45) is 0 Å². The van der Waals surface area contributed by atoms with Crippen molar-refractivity contribution in [2.75, 3.05) is 7.11 Å². The van der Waals surface area contributed by atoms with E-state index in [0.717, 1.165) is 19.3 Å². The summed E-state index contributed by atoms with van der Waals surface area (Å²) >= 11 is 0. The van der Waals surface area contributed by atoms with Gasteiger partial charge in [-0.3, -0.25) is 0 Å². The number of allylic oxidation sites excluding steroid dienone is 1. The third kappa shape index (κ3) is 4.17. The highest BCUT2D eigenvalue weighted by Gasteiger charge is 1.99. The molecule has 0 N–H and O–H groups in total. The van der Waals surface area contributed by atoms with Crippen LogP contribution in [-0.4, -0.2) is 13.2 Å². The van der Waals surface area contributed by atoms with E-state index in [2.05, 4.69) is 12.5 Å². The van der Waals surface area contributed by atoms with Gasteiger partial charge in [0.15, 0.2) is 0 Å². The Balaban J connectivity index is 3.28.